The summed E-state index contributed by atoms with van der Waals surface area (Å²) in [6.07, 6.45) is 10.2. The molecule has 7 amide bonds. The van der Waals surface area contributed by atoms with Crippen LogP contribution in [0.15, 0.2) is 61.2 Å². The number of terminal acetylenes is 1. The van der Waals surface area contributed by atoms with Crippen LogP contribution in [0.2, 0.25) is 0 Å². The van der Waals surface area contributed by atoms with Gasteiger partial charge in [-0.05, 0) is 72.1 Å². The molecule has 2 heterocycles. The highest BCUT2D eigenvalue weighted by atomic mass is 16.2. The summed E-state index contributed by atoms with van der Waals surface area (Å²) in [5.74, 6) is -1.81. The lowest BCUT2D eigenvalue weighted by Gasteiger charge is -2.36. The predicted molar refractivity (Wildman–Crippen MR) is 208 cm³/mol. The first-order valence-corrected chi connectivity index (χ1v) is 19.3. The van der Waals surface area contributed by atoms with Gasteiger partial charge in [-0.15, -0.1) is 18.9 Å². The third kappa shape index (κ3) is 8.10. The van der Waals surface area contributed by atoms with Gasteiger partial charge in [0.05, 0.1) is 23.7 Å². The number of hydrogen-bond acceptors (Lipinski definition) is 7. The van der Waals surface area contributed by atoms with Crippen LogP contribution < -0.4 is 21.3 Å². The Labute approximate surface area is 327 Å². The van der Waals surface area contributed by atoms with Crippen LogP contribution in [0.5, 0.6) is 0 Å². The molecule has 1 unspecified atom stereocenters. The van der Waals surface area contributed by atoms with E-state index in [0.717, 1.165) is 28.9 Å². The Morgan fingerprint density at radius 3 is 2.14 bits per heavy atom. The van der Waals surface area contributed by atoms with Gasteiger partial charge in [-0.3, -0.25) is 33.7 Å². The third-order valence-corrected chi connectivity index (χ3v) is 11.7. The Balaban J connectivity index is 1.24. The van der Waals surface area contributed by atoms with Crippen molar-refractivity contribution in [1.82, 2.24) is 31.1 Å². The maximum Gasteiger partial charge on any atom is 0.315 e. The van der Waals surface area contributed by atoms with E-state index < -0.39 is 70.9 Å². The summed E-state index contributed by atoms with van der Waals surface area (Å²) in [4.78, 5) is 98.1. The molecule has 6 atom stereocenters. The van der Waals surface area contributed by atoms with Gasteiger partial charge in [-0.2, -0.15) is 0 Å². The van der Waals surface area contributed by atoms with E-state index in [2.05, 4.69) is 33.8 Å². The van der Waals surface area contributed by atoms with Crippen molar-refractivity contribution in [3.05, 3.63) is 83.4 Å². The molecule has 0 radical (unpaired) electrons. The fourth-order valence-electron chi connectivity index (χ4n) is 8.72. The first-order chi connectivity index (χ1) is 26.7. The summed E-state index contributed by atoms with van der Waals surface area (Å²) in [6, 6.07) is 9.81. The summed E-state index contributed by atoms with van der Waals surface area (Å²) in [5.41, 5.74) is 2.13. The van der Waals surface area contributed by atoms with Crippen LogP contribution in [0.1, 0.15) is 78.3 Å². The second-order valence-electron chi connectivity index (χ2n) is 16.3. The second kappa shape index (κ2) is 16.5. The normalized spacial score (nSPS) is 21.6. The SMILES string of the molecule is C#CCC(NC(=O)[C@@H]1[C@H]2CCC[C@H]2CN1C(=O)[C@@H](NC(=O)N[C@H](CN1C(=O)c2ccccc2C1=O)C(C)(C)C)C1Cc2ccccc2C1)C(=O)C(=O)NCC=C. The van der Waals surface area contributed by atoms with E-state index >= 15 is 0 Å². The number of fused-ring (bicyclic) bond motifs is 3. The average Bonchev–Trinajstić information content (AvgIpc) is 3.94. The molecule has 2 aromatic rings. The summed E-state index contributed by atoms with van der Waals surface area (Å²) in [5, 5.41) is 11.1. The zero-order valence-electron chi connectivity index (χ0n) is 32.1. The molecule has 2 aliphatic heterocycles. The van der Waals surface area contributed by atoms with Gasteiger partial charge in [0.15, 0.2) is 0 Å². The molecule has 56 heavy (non-hydrogen) atoms. The number of benzene rings is 2. The van der Waals surface area contributed by atoms with Crippen LogP contribution in [0, 0.1) is 35.5 Å². The Morgan fingerprint density at radius 1 is 0.929 bits per heavy atom. The standard InChI is InChI=1S/C43H50N6O7/c1-6-13-32(36(50)38(52)44-20-7-2)45-37(51)35-29-19-12-16-27(29)23-48(35)41(55)34(28-21-25-14-8-9-15-26(25)22-28)47-42(56)46-33(43(3,4)5)24-49-39(53)30-17-10-11-18-31(30)40(49)54/h1,7-11,14-15,17-18,27-29,32-35H,2,12-13,16,19-24H2,3-5H3,(H,44,52)(H,45,51)(H2,46,47,56)/t27-,29-,32?,33+,34-,35-/m0/s1. The Kier molecular flexibility index (Phi) is 11.8. The molecular formula is C43H50N6O7. The molecule has 2 aliphatic carbocycles. The number of imide groups is 1. The second-order valence-corrected chi connectivity index (χ2v) is 16.3. The lowest BCUT2D eigenvalue weighted by Crippen LogP contribution is -2.61. The van der Waals surface area contributed by atoms with E-state index in [9.17, 15) is 33.6 Å². The maximum atomic E-state index is 14.9. The minimum atomic E-state index is -1.30. The molecule has 6 rings (SSSR count). The molecule has 4 aliphatic rings. The van der Waals surface area contributed by atoms with Crippen LogP contribution >= 0.6 is 0 Å². The molecular weight excluding hydrogens is 713 g/mol. The fraction of sp³-hybridized carbons (Fsp3) is 0.465. The van der Waals surface area contributed by atoms with Crippen LogP contribution in [0.25, 0.3) is 0 Å². The maximum absolute atomic E-state index is 14.9. The number of likely N-dealkylation sites (tertiary alicyclic amines) is 1. The number of carbonyl (C=O) groups excluding carboxylic acids is 7. The number of ketones is 1. The number of rotatable bonds is 13. The lowest BCUT2D eigenvalue weighted by atomic mass is 9.86. The van der Waals surface area contributed by atoms with Crippen molar-refractivity contribution >= 4 is 41.4 Å². The number of urea groups is 1. The van der Waals surface area contributed by atoms with Gasteiger partial charge in [-0.25, -0.2) is 4.79 Å². The van der Waals surface area contributed by atoms with Crippen molar-refractivity contribution in [2.75, 3.05) is 19.6 Å². The van der Waals surface area contributed by atoms with E-state index in [-0.39, 0.29) is 37.3 Å². The van der Waals surface area contributed by atoms with Crippen molar-refractivity contribution in [1.29, 1.82) is 0 Å². The van der Waals surface area contributed by atoms with Gasteiger partial charge >= 0.3 is 6.03 Å². The van der Waals surface area contributed by atoms with Gasteiger partial charge in [0, 0.05) is 19.5 Å². The summed E-state index contributed by atoms with van der Waals surface area (Å²) in [7, 11) is 0. The number of carbonyl (C=O) groups is 7. The van der Waals surface area contributed by atoms with E-state index in [4.69, 9.17) is 6.42 Å². The zero-order valence-corrected chi connectivity index (χ0v) is 32.1. The summed E-state index contributed by atoms with van der Waals surface area (Å²) >= 11 is 0. The smallest absolute Gasteiger partial charge is 0.315 e. The van der Waals surface area contributed by atoms with Crippen LogP contribution in [-0.2, 0) is 32.0 Å². The number of hydrogen-bond donors (Lipinski definition) is 4. The topological polar surface area (TPSA) is 174 Å². The molecule has 2 fully saturated rings. The molecule has 0 bridgehead atoms. The van der Waals surface area contributed by atoms with Gasteiger partial charge < -0.3 is 26.2 Å². The molecule has 13 heteroatoms. The van der Waals surface area contributed by atoms with Crippen molar-refractivity contribution in [3.63, 3.8) is 0 Å². The van der Waals surface area contributed by atoms with E-state index in [1.165, 1.54) is 11.0 Å². The van der Waals surface area contributed by atoms with E-state index in [0.29, 0.717) is 36.9 Å². The fourth-order valence-corrected chi connectivity index (χ4v) is 8.72. The Hall–Kier alpha value is -5.77. The van der Waals surface area contributed by atoms with E-state index in [1.807, 2.05) is 45.0 Å². The first-order valence-electron chi connectivity index (χ1n) is 19.3. The van der Waals surface area contributed by atoms with Crippen LogP contribution in [-0.4, -0.2) is 95.0 Å². The molecule has 0 spiro atoms. The van der Waals surface area contributed by atoms with Crippen molar-refractivity contribution in [3.8, 4) is 12.3 Å². The highest BCUT2D eigenvalue weighted by Crippen LogP contribution is 2.43. The van der Waals surface area contributed by atoms with E-state index in [1.54, 1.807) is 24.3 Å². The quantitative estimate of drug-likeness (QED) is 0.105. The van der Waals surface area contributed by atoms with Gasteiger partial charge in [0.2, 0.25) is 17.6 Å². The summed E-state index contributed by atoms with van der Waals surface area (Å²) in [6.45, 7) is 9.47. The molecule has 4 N–H and O–H groups in total. The monoisotopic (exact) mass is 762 g/mol. The third-order valence-electron chi connectivity index (χ3n) is 11.7. The Morgan fingerprint density at radius 2 is 1.55 bits per heavy atom. The number of nitrogens with one attached hydrogen (secondary N) is 4. The van der Waals surface area contributed by atoms with Gasteiger partial charge in [0.25, 0.3) is 17.7 Å². The minimum absolute atomic E-state index is 0.0348. The average molecular weight is 763 g/mol. The van der Waals surface area contributed by atoms with Crippen LogP contribution in [0.4, 0.5) is 4.79 Å². The summed E-state index contributed by atoms with van der Waals surface area (Å²) < 4.78 is 0. The lowest BCUT2D eigenvalue weighted by molar-refractivity contribution is -0.143. The van der Waals surface area contributed by atoms with Crippen molar-refractivity contribution in [2.45, 2.75) is 83.5 Å². The van der Waals surface area contributed by atoms with Crippen LogP contribution in [0.3, 0.4) is 0 Å². The number of Topliss-reactive ketones (excluding diaryl/α,β-unsaturated/α-hetero) is 1. The zero-order chi connectivity index (χ0) is 40.3. The first kappa shape index (κ1) is 39.9. The number of amides is 7. The minimum Gasteiger partial charge on any atom is -0.346 e. The number of nitrogens with zero attached hydrogens (tertiary/aromatic N) is 2. The highest BCUT2D eigenvalue weighted by molar-refractivity contribution is 6.38. The molecule has 1 saturated carbocycles. The molecule has 1 saturated heterocycles. The molecule has 0 aromatic heterocycles. The van der Waals surface area contributed by atoms with Crippen molar-refractivity contribution in [2.24, 2.45) is 23.2 Å². The highest BCUT2D eigenvalue weighted by Gasteiger charge is 2.52. The Bertz CT molecular complexity index is 1920. The molecule has 13 nitrogen and oxygen atoms in total. The largest absolute Gasteiger partial charge is 0.346 e. The van der Waals surface area contributed by atoms with Gasteiger partial charge in [-0.1, -0.05) is 69.7 Å². The predicted octanol–water partition coefficient (Wildman–Crippen LogP) is 2.79. The molecule has 294 valence electrons. The van der Waals surface area contributed by atoms with Crippen molar-refractivity contribution < 1.29 is 33.6 Å². The molecule has 2 aromatic carbocycles. The van der Waals surface area contributed by atoms with Gasteiger partial charge in [0.1, 0.15) is 18.1 Å².